The maximum absolute atomic E-state index is 6.04. The standard InChI is InChI=1S/C13H22BrN3/c1-9(2)7-17(8-10(3)4)13-12(15)5-11(14)6-16-13/h5-6,9-10H,7-8,15H2,1-4H3. The lowest BCUT2D eigenvalue weighted by molar-refractivity contribution is 0.549. The van der Waals surface area contributed by atoms with Crippen LogP contribution >= 0.6 is 15.9 Å². The van der Waals surface area contributed by atoms with Crippen LogP contribution in [0.15, 0.2) is 16.7 Å². The monoisotopic (exact) mass is 299 g/mol. The van der Waals surface area contributed by atoms with Crippen molar-refractivity contribution < 1.29 is 0 Å². The highest BCUT2D eigenvalue weighted by Crippen LogP contribution is 2.25. The van der Waals surface area contributed by atoms with Crippen LogP contribution in [0.4, 0.5) is 11.5 Å². The lowest BCUT2D eigenvalue weighted by Gasteiger charge is -2.28. The number of aromatic nitrogens is 1. The van der Waals surface area contributed by atoms with E-state index in [1.807, 2.05) is 6.07 Å². The summed E-state index contributed by atoms with van der Waals surface area (Å²) in [5.74, 6) is 2.09. The van der Waals surface area contributed by atoms with Gasteiger partial charge in [0.05, 0.1) is 5.69 Å². The fourth-order valence-corrected chi connectivity index (χ4v) is 2.19. The highest BCUT2D eigenvalue weighted by atomic mass is 79.9. The zero-order chi connectivity index (χ0) is 13.0. The third kappa shape index (κ3) is 4.54. The van der Waals surface area contributed by atoms with E-state index < -0.39 is 0 Å². The van der Waals surface area contributed by atoms with Crippen LogP contribution in [0, 0.1) is 11.8 Å². The Bertz CT molecular complexity index is 354. The summed E-state index contributed by atoms with van der Waals surface area (Å²) in [6.07, 6.45) is 1.80. The Balaban J connectivity index is 2.95. The molecule has 1 rings (SSSR count). The lowest BCUT2D eigenvalue weighted by Crippen LogP contribution is -2.32. The summed E-state index contributed by atoms with van der Waals surface area (Å²) in [6, 6.07) is 1.91. The van der Waals surface area contributed by atoms with Crippen LogP contribution in [0.1, 0.15) is 27.7 Å². The SMILES string of the molecule is CC(C)CN(CC(C)C)c1ncc(Br)cc1N. The Morgan fingerprint density at radius 2 is 1.76 bits per heavy atom. The Morgan fingerprint density at radius 3 is 2.18 bits per heavy atom. The van der Waals surface area contributed by atoms with E-state index in [4.69, 9.17) is 5.73 Å². The van der Waals surface area contributed by atoms with Crippen LogP contribution in [0.2, 0.25) is 0 Å². The van der Waals surface area contributed by atoms with Gasteiger partial charge in [-0.1, -0.05) is 27.7 Å². The Kier molecular flexibility index (Phi) is 5.25. The highest BCUT2D eigenvalue weighted by molar-refractivity contribution is 9.10. The molecule has 0 bridgehead atoms. The van der Waals surface area contributed by atoms with Crippen molar-refractivity contribution in [3.8, 4) is 0 Å². The smallest absolute Gasteiger partial charge is 0.151 e. The summed E-state index contributed by atoms with van der Waals surface area (Å²) < 4.78 is 0.924. The predicted molar refractivity (Wildman–Crippen MR) is 78.2 cm³/mol. The van der Waals surface area contributed by atoms with Crippen molar-refractivity contribution in [1.29, 1.82) is 0 Å². The number of hydrogen-bond donors (Lipinski definition) is 1. The molecule has 0 aliphatic rings. The molecule has 96 valence electrons. The first-order valence-electron chi connectivity index (χ1n) is 6.06. The van der Waals surface area contributed by atoms with Gasteiger partial charge in [-0.2, -0.15) is 0 Å². The van der Waals surface area contributed by atoms with Crippen LogP contribution in [0.3, 0.4) is 0 Å². The number of halogens is 1. The molecule has 0 saturated heterocycles. The van der Waals surface area contributed by atoms with E-state index in [2.05, 4.69) is 53.5 Å². The predicted octanol–water partition coefficient (Wildman–Crippen LogP) is 3.54. The fourth-order valence-electron chi connectivity index (χ4n) is 1.84. The van der Waals surface area contributed by atoms with Crippen LogP contribution in [-0.4, -0.2) is 18.1 Å². The Morgan fingerprint density at radius 1 is 1.24 bits per heavy atom. The summed E-state index contributed by atoms with van der Waals surface area (Å²) in [5, 5.41) is 0. The average molecular weight is 300 g/mol. The molecule has 1 aromatic heterocycles. The molecule has 0 aliphatic carbocycles. The van der Waals surface area contributed by atoms with E-state index in [1.165, 1.54) is 0 Å². The second-order valence-electron chi connectivity index (χ2n) is 5.26. The van der Waals surface area contributed by atoms with E-state index in [-0.39, 0.29) is 0 Å². The molecule has 0 fully saturated rings. The molecule has 0 unspecified atom stereocenters. The topological polar surface area (TPSA) is 42.2 Å². The van der Waals surface area contributed by atoms with Crippen molar-refractivity contribution in [2.45, 2.75) is 27.7 Å². The molecule has 0 saturated carbocycles. The Hall–Kier alpha value is -0.770. The van der Waals surface area contributed by atoms with Crippen LogP contribution in [-0.2, 0) is 0 Å². The minimum Gasteiger partial charge on any atom is -0.396 e. The van der Waals surface area contributed by atoms with Gasteiger partial charge < -0.3 is 10.6 Å². The summed E-state index contributed by atoms with van der Waals surface area (Å²) in [7, 11) is 0. The first-order chi connectivity index (χ1) is 7.90. The number of nitrogen functional groups attached to an aromatic ring is 1. The van der Waals surface area contributed by atoms with Crippen molar-refractivity contribution in [3.05, 3.63) is 16.7 Å². The third-order valence-electron chi connectivity index (χ3n) is 2.33. The van der Waals surface area contributed by atoms with E-state index in [0.717, 1.165) is 29.1 Å². The van der Waals surface area contributed by atoms with E-state index in [1.54, 1.807) is 6.20 Å². The number of nitrogens with zero attached hydrogens (tertiary/aromatic N) is 2. The minimum atomic E-state index is 0.596. The van der Waals surface area contributed by atoms with Crippen molar-refractivity contribution >= 4 is 27.4 Å². The molecule has 0 aromatic carbocycles. The van der Waals surface area contributed by atoms with Gasteiger partial charge in [-0.05, 0) is 33.8 Å². The van der Waals surface area contributed by atoms with E-state index >= 15 is 0 Å². The maximum atomic E-state index is 6.04. The number of rotatable bonds is 5. The minimum absolute atomic E-state index is 0.596. The molecule has 0 aliphatic heterocycles. The molecular formula is C13H22BrN3. The van der Waals surface area contributed by atoms with Gasteiger partial charge in [-0.25, -0.2) is 4.98 Å². The molecule has 0 amide bonds. The van der Waals surface area contributed by atoms with Crippen molar-refractivity contribution in [1.82, 2.24) is 4.98 Å². The number of nitrogens with two attached hydrogens (primary N) is 1. The van der Waals surface area contributed by atoms with Gasteiger partial charge in [0.1, 0.15) is 0 Å². The van der Waals surface area contributed by atoms with Crippen molar-refractivity contribution in [2.75, 3.05) is 23.7 Å². The fraction of sp³-hybridized carbons (Fsp3) is 0.615. The second-order valence-corrected chi connectivity index (χ2v) is 6.17. The molecule has 1 aromatic rings. The maximum Gasteiger partial charge on any atom is 0.151 e. The van der Waals surface area contributed by atoms with Crippen LogP contribution in [0.5, 0.6) is 0 Å². The van der Waals surface area contributed by atoms with Gasteiger partial charge in [0.2, 0.25) is 0 Å². The van der Waals surface area contributed by atoms with E-state index in [9.17, 15) is 0 Å². The number of pyridine rings is 1. The summed E-state index contributed by atoms with van der Waals surface area (Å²) in [6.45, 7) is 10.8. The molecule has 2 N–H and O–H groups in total. The molecule has 0 atom stereocenters. The summed E-state index contributed by atoms with van der Waals surface area (Å²) in [4.78, 5) is 6.71. The summed E-state index contributed by atoms with van der Waals surface area (Å²) >= 11 is 3.39. The summed E-state index contributed by atoms with van der Waals surface area (Å²) in [5.41, 5.74) is 6.78. The van der Waals surface area contributed by atoms with E-state index in [0.29, 0.717) is 11.8 Å². The van der Waals surface area contributed by atoms with Crippen molar-refractivity contribution in [2.24, 2.45) is 11.8 Å². The quantitative estimate of drug-likeness (QED) is 0.904. The molecule has 1 heterocycles. The zero-order valence-corrected chi connectivity index (χ0v) is 12.7. The first kappa shape index (κ1) is 14.3. The van der Waals surface area contributed by atoms with Gasteiger partial charge in [0.25, 0.3) is 0 Å². The van der Waals surface area contributed by atoms with Gasteiger partial charge >= 0.3 is 0 Å². The second kappa shape index (κ2) is 6.24. The molecule has 17 heavy (non-hydrogen) atoms. The first-order valence-corrected chi connectivity index (χ1v) is 6.85. The highest BCUT2D eigenvalue weighted by Gasteiger charge is 2.14. The third-order valence-corrected chi connectivity index (χ3v) is 2.77. The molecular weight excluding hydrogens is 278 g/mol. The number of anilines is 2. The molecule has 0 radical (unpaired) electrons. The largest absolute Gasteiger partial charge is 0.396 e. The zero-order valence-electron chi connectivity index (χ0n) is 11.1. The van der Waals surface area contributed by atoms with Gasteiger partial charge in [-0.15, -0.1) is 0 Å². The van der Waals surface area contributed by atoms with Crippen LogP contribution in [0.25, 0.3) is 0 Å². The Labute approximate surface area is 113 Å². The van der Waals surface area contributed by atoms with Gasteiger partial charge in [0, 0.05) is 23.8 Å². The molecule has 4 heteroatoms. The normalized spacial score (nSPS) is 11.2. The molecule has 3 nitrogen and oxygen atoms in total. The number of hydrogen-bond acceptors (Lipinski definition) is 3. The van der Waals surface area contributed by atoms with Gasteiger partial charge in [-0.3, -0.25) is 0 Å². The van der Waals surface area contributed by atoms with Crippen LogP contribution < -0.4 is 10.6 Å². The van der Waals surface area contributed by atoms with Crippen molar-refractivity contribution in [3.63, 3.8) is 0 Å². The molecule has 0 spiro atoms. The average Bonchev–Trinajstić information content (AvgIpc) is 2.14. The van der Waals surface area contributed by atoms with Gasteiger partial charge in [0.15, 0.2) is 5.82 Å². The lowest BCUT2D eigenvalue weighted by atomic mass is 10.1.